The molecule has 188 valence electrons. The zero-order chi connectivity index (χ0) is 25.1. The number of unbranched alkanes of at least 4 members (excludes halogenated alkanes) is 2. The number of ether oxygens (including phenoxy) is 1. The van der Waals surface area contributed by atoms with Crippen LogP contribution in [0.5, 0.6) is 5.75 Å². The normalized spacial score (nSPS) is 17.2. The quantitative estimate of drug-likeness (QED) is 0.330. The summed E-state index contributed by atoms with van der Waals surface area (Å²) in [5.41, 5.74) is -0.284. The first-order valence-corrected chi connectivity index (χ1v) is 14.0. The van der Waals surface area contributed by atoms with Gasteiger partial charge in [-0.05, 0) is 59.1 Å². The second-order valence-electron chi connectivity index (χ2n) is 9.05. The fraction of sp³-hybridized carbons (Fsp3) is 0.520. The molecule has 0 saturated carbocycles. The minimum Gasteiger partial charge on any atom is -0.496 e. The van der Waals surface area contributed by atoms with Gasteiger partial charge in [0, 0.05) is 23.7 Å². The van der Waals surface area contributed by atoms with Crippen LogP contribution in [0.3, 0.4) is 0 Å². The molecule has 0 N–H and O–H groups in total. The second-order valence-corrected chi connectivity index (χ2v) is 11.9. The van der Waals surface area contributed by atoms with Crippen LogP contribution in [-0.4, -0.2) is 27.8 Å². The van der Waals surface area contributed by atoms with E-state index in [1.165, 1.54) is 25.3 Å². The summed E-state index contributed by atoms with van der Waals surface area (Å²) in [5, 5.41) is 0. The maximum Gasteiger partial charge on any atom is 0.416 e. The van der Waals surface area contributed by atoms with Gasteiger partial charge in [-0.2, -0.15) is 13.2 Å². The van der Waals surface area contributed by atoms with Crippen LogP contribution in [0.4, 0.5) is 24.5 Å². The molecule has 1 aliphatic heterocycles. The Balaban J connectivity index is 2.23. The molecule has 0 saturated heterocycles. The van der Waals surface area contributed by atoms with Gasteiger partial charge in [-0.3, -0.25) is 0 Å². The number of halogens is 4. The molecule has 4 nitrogen and oxygen atoms in total. The summed E-state index contributed by atoms with van der Waals surface area (Å²) in [6, 6.07) is 8.15. The van der Waals surface area contributed by atoms with E-state index in [4.69, 9.17) is 4.74 Å². The highest BCUT2D eigenvalue weighted by Gasteiger charge is 2.42. The van der Waals surface area contributed by atoms with Gasteiger partial charge in [0.15, 0.2) is 9.84 Å². The molecule has 0 unspecified atom stereocenters. The summed E-state index contributed by atoms with van der Waals surface area (Å²) in [6.45, 7) is 4.55. The maximum absolute atomic E-state index is 13.7. The van der Waals surface area contributed by atoms with Gasteiger partial charge in [0.2, 0.25) is 0 Å². The van der Waals surface area contributed by atoms with Crippen molar-refractivity contribution in [2.24, 2.45) is 5.41 Å². The van der Waals surface area contributed by atoms with Crippen LogP contribution < -0.4 is 9.64 Å². The molecule has 1 aliphatic rings. The monoisotopic (exact) mass is 561 g/mol. The third kappa shape index (κ3) is 5.73. The van der Waals surface area contributed by atoms with Crippen LogP contribution in [0.1, 0.15) is 57.9 Å². The number of hydrogen-bond acceptors (Lipinski definition) is 4. The molecule has 3 rings (SSSR count). The Morgan fingerprint density at radius 1 is 1.06 bits per heavy atom. The van der Waals surface area contributed by atoms with Crippen molar-refractivity contribution < 1.29 is 26.3 Å². The molecule has 34 heavy (non-hydrogen) atoms. The Labute approximate surface area is 208 Å². The number of hydrogen-bond donors (Lipinski definition) is 0. The smallest absolute Gasteiger partial charge is 0.416 e. The van der Waals surface area contributed by atoms with Crippen molar-refractivity contribution in [3.8, 4) is 5.75 Å². The number of sulfone groups is 1. The van der Waals surface area contributed by atoms with Gasteiger partial charge in [0.25, 0.3) is 0 Å². The van der Waals surface area contributed by atoms with Gasteiger partial charge >= 0.3 is 6.18 Å². The van der Waals surface area contributed by atoms with Crippen LogP contribution in [-0.2, 0) is 16.0 Å². The molecule has 1 heterocycles. The van der Waals surface area contributed by atoms with E-state index in [2.05, 4.69) is 29.8 Å². The van der Waals surface area contributed by atoms with Crippen molar-refractivity contribution in [3.63, 3.8) is 0 Å². The van der Waals surface area contributed by atoms with Crippen LogP contribution in [0, 0.1) is 5.41 Å². The minimum atomic E-state index is -4.44. The van der Waals surface area contributed by atoms with Crippen molar-refractivity contribution in [2.75, 3.05) is 24.3 Å². The highest BCUT2D eigenvalue weighted by molar-refractivity contribution is 9.10. The number of alkyl halides is 3. The largest absolute Gasteiger partial charge is 0.496 e. The highest BCUT2D eigenvalue weighted by Crippen LogP contribution is 2.47. The van der Waals surface area contributed by atoms with Crippen molar-refractivity contribution in [2.45, 2.75) is 63.4 Å². The molecular formula is C25H31BrF3NO3S. The Morgan fingerprint density at radius 3 is 2.15 bits per heavy atom. The van der Waals surface area contributed by atoms with E-state index >= 15 is 0 Å². The summed E-state index contributed by atoms with van der Waals surface area (Å²) in [5.74, 6) is 0.388. The first kappa shape index (κ1) is 26.9. The third-order valence-corrected chi connectivity index (χ3v) is 9.09. The van der Waals surface area contributed by atoms with Gasteiger partial charge < -0.3 is 9.64 Å². The van der Waals surface area contributed by atoms with E-state index in [1.54, 1.807) is 6.07 Å². The zero-order valence-corrected chi connectivity index (χ0v) is 22.1. The summed E-state index contributed by atoms with van der Waals surface area (Å²) in [6.07, 6.45) is 0.632. The fourth-order valence-corrected chi connectivity index (χ4v) is 7.29. The van der Waals surface area contributed by atoms with Crippen molar-refractivity contribution >= 4 is 37.1 Å². The Kier molecular flexibility index (Phi) is 8.28. The topological polar surface area (TPSA) is 46.6 Å². The van der Waals surface area contributed by atoms with Crippen LogP contribution in [0.2, 0.25) is 0 Å². The van der Waals surface area contributed by atoms with Crippen molar-refractivity contribution in [3.05, 3.63) is 46.4 Å². The molecule has 2 aromatic carbocycles. The predicted octanol–water partition coefficient (Wildman–Crippen LogP) is 7.77. The number of benzene rings is 2. The molecule has 0 bridgehead atoms. The minimum absolute atomic E-state index is 0.00504. The van der Waals surface area contributed by atoms with Gasteiger partial charge in [-0.25, -0.2) is 8.42 Å². The highest BCUT2D eigenvalue weighted by atomic mass is 79.9. The predicted molar refractivity (Wildman–Crippen MR) is 133 cm³/mol. The van der Waals surface area contributed by atoms with E-state index in [0.717, 1.165) is 50.7 Å². The number of fused-ring (bicyclic) bond motifs is 1. The molecule has 0 radical (unpaired) electrons. The molecule has 0 amide bonds. The van der Waals surface area contributed by atoms with Crippen LogP contribution in [0.15, 0.2) is 45.8 Å². The lowest BCUT2D eigenvalue weighted by atomic mass is 9.79. The standard InChI is InChI=1S/C25H31BrF3NO3S/c1-4-6-12-24(13-7-5-2)16-30(19-10-8-18(9-11-19)25(27,28)29)21-14-20(26)22(33-3)15-23(21)34(31,32)17-24/h8-11,14-15H,4-7,12-13,16-17H2,1-3H3. The van der Waals surface area contributed by atoms with E-state index in [0.29, 0.717) is 28.1 Å². The van der Waals surface area contributed by atoms with Crippen LogP contribution >= 0.6 is 15.9 Å². The molecule has 0 atom stereocenters. The van der Waals surface area contributed by atoms with Crippen molar-refractivity contribution in [1.29, 1.82) is 0 Å². The fourth-order valence-electron chi connectivity index (χ4n) is 4.68. The van der Waals surface area contributed by atoms with Gasteiger partial charge in [-0.1, -0.05) is 39.5 Å². The molecule has 0 fully saturated rings. The summed E-state index contributed by atoms with van der Waals surface area (Å²) < 4.78 is 73.0. The molecule has 0 spiro atoms. The number of anilines is 2. The van der Waals surface area contributed by atoms with Gasteiger partial charge in [0.1, 0.15) is 5.75 Å². The number of methoxy groups -OCH3 is 1. The molecular weight excluding hydrogens is 531 g/mol. The Hall–Kier alpha value is -1.74. The molecule has 0 aromatic heterocycles. The maximum atomic E-state index is 13.7. The summed E-state index contributed by atoms with van der Waals surface area (Å²) in [4.78, 5) is 2.01. The van der Waals surface area contributed by atoms with E-state index in [-0.39, 0.29) is 10.6 Å². The second kappa shape index (κ2) is 10.5. The average molecular weight is 562 g/mol. The lowest BCUT2D eigenvalue weighted by Gasteiger charge is -2.37. The first-order chi connectivity index (χ1) is 16.0. The Morgan fingerprint density at radius 2 is 1.65 bits per heavy atom. The first-order valence-electron chi connectivity index (χ1n) is 11.5. The summed E-state index contributed by atoms with van der Waals surface area (Å²) in [7, 11) is -2.22. The third-order valence-electron chi connectivity index (χ3n) is 6.48. The van der Waals surface area contributed by atoms with E-state index in [9.17, 15) is 21.6 Å². The van der Waals surface area contributed by atoms with E-state index < -0.39 is 27.0 Å². The molecule has 2 aromatic rings. The van der Waals surface area contributed by atoms with E-state index in [1.807, 2.05) is 4.90 Å². The SMILES string of the molecule is CCCCC1(CCCC)CN(c2ccc(C(F)(F)F)cc2)c2cc(Br)c(OC)cc2S(=O)(=O)C1. The van der Waals surface area contributed by atoms with Gasteiger partial charge in [-0.15, -0.1) is 0 Å². The lowest BCUT2D eigenvalue weighted by molar-refractivity contribution is -0.137. The van der Waals surface area contributed by atoms with Crippen LogP contribution in [0.25, 0.3) is 0 Å². The molecule has 0 aliphatic carbocycles. The Bertz CT molecular complexity index is 1090. The average Bonchev–Trinajstić information content (AvgIpc) is 2.87. The zero-order valence-electron chi connectivity index (χ0n) is 19.7. The van der Waals surface area contributed by atoms with Crippen molar-refractivity contribution in [1.82, 2.24) is 0 Å². The number of nitrogens with zero attached hydrogens (tertiary/aromatic N) is 1. The molecule has 9 heteroatoms. The summed E-state index contributed by atoms with van der Waals surface area (Å²) >= 11 is 3.45. The van der Waals surface area contributed by atoms with Gasteiger partial charge in [0.05, 0.1) is 33.5 Å². The lowest BCUT2D eigenvalue weighted by Crippen LogP contribution is -2.38. The number of rotatable bonds is 8.